The van der Waals surface area contributed by atoms with Crippen LogP contribution in [-0.2, 0) is 4.79 Å². The molecular formula is C20H26N4O2. The molecule has 1 N–H and O–H groups in total. The Morgan fingerprint density at radius 3 is 3.12 bits per heavy atom. The summed E-state index contributed by atoms with van der Waals surface area (Å²) in [6.45, 7) is 6.66. The lowest BCUT2D eigenvalue weighted by atomic mass is 9.76. The molecule has 4 rings (SSSR count). The van der Waals surface area contributed by atoms with Crippen molar-refractivity contribution >= 4 is 17.6 Å². The Morgan fingerprint density at radius 1 is 1.38 bits per heavy atom. The lowest BCUT2D eigenvalue weighted by molar-refractivity contribution is -0.142. The Kier molecular flexibility index (Phi) is 4.66. The van der Waals surface area contributed by atoms with Crippen LogP contribution in [0.25, 0.3) is 0 Å². The van der Waals surface area contributed by atoms with Crippen molar-refractivity contribution in [3.8, 4) is 0 Å². The Morgan fingerprint density at radius 2 is 2.27 bits per heavy atom. The zero-order chi connectivity index (χ0) is 18.1. The average Bonchev–Trinajstić information content (AvgIpc) is 2.67. The van der Waals surface area contributed by atoms with Gasteiger partial charge in [0.25, 0.3) is 5.91 Å². The molecule has 1 aromatic rings. The van der Waals surface area contributed by atoms with Gasteiger partial charge >= 0.3 is 0 Å². The highest BCUT2D eigenvalue weighted by atomic mass is 16.2. The molecule has 3 aliphatic heterocycles. The molecule has 0 aromatic carbocycles. The molecule has 0 aliphatic carbocycles. The van der Waals surface area contributed by atoms with Gasteiger partial charge in [-0.1, -0.05) is 6.08 Å². The molecule has 138 valence electrons. The summed E-state index contributed by atoms with van der Waals surface area (Å²) in [6.07, 6.45) is 7.41. The van der Waals surface area contributed by atoms with Crippen LogP contribution in [0.15, 0.2) is 31.0 Å². The van der Waals surface area contributed by atoms with Crippen molar-refractivity contribution in [2.24, 2.45) is 11.8 Å². The predicted octanol–water partition coefficient (Wildman–Crippen LogP) is 1.83. The van der Waals surface area contributed by atoms with Crippen LogP contribution in [0.4, 0.5) is 5.82 Å². The molecule has 2 amide bonds. The van der Waals surface area contributed by atoms with E-state index >= 15 is 0 Å². The third-order valence-corrected chi connectivity index (χ3v) is 5.92. The van der Waals surface area contributed by atoms with E-state index in [1.807, 2.05) is 6.07 Å². The molecule has 4 heterocycles. The largest absolute Gasteiger partial charge is 0.355 e. The topological polar surface area (TPSA) is 65.5 Å². The Labute approximate surface area is 154 Å². The average molecular weight is 354 g/mol. The van der Waals surface area contributed by atoms with E-state index in [0.717, 1.165) is 38.3 Å². The van der Waals surface area contributed by atoms with E-state index in [4.69, 9.17) is 0 Å². The summed E-state index contributed by atoms with van der Waals surface area (Å²) in [7, 11) is 0. The second-order valence-corrected chi connectivity index (χ2v) is 7.65. The molecule has 0 spiro atoms. The molecule has 3 saturated heterocycles. The summed E-state index contributed by atoms with van der Waals surface area (Å²) in [4.78, 5) is 33.7. The quantitative estimate of drug-likeness (QED) is 0.838. The Balaban J connectivity index is 1.56. The molecular weight excluding hydrogens is 328 g/mol. The first-order chi connectivity index (χ1) is 12.7. The summed E-state index contributed by atoms with van der Waals surface area (Å²) in [6, 6.07) is 4.00. The smallest absolute Gasteiger partial charge is 0.255 e. The molecule has 2 bridgehead atoms. The molecule has 1 aromatic heterocycles. The molecule has 26 heavy (non-hydrogen) atoms. The van der Waals surface area contributed by atoms with Gasteiger partial charge in [0.2, 0.25) is 5.91 Å². The summed E-state index contributed by atoms with van der Waals surface area (Å²) in [5.74, 6) is 1.90. The van der Waals surface area contributed by atoms with Crippen LogP contribution in [0.2, 0.25) is 0 Å². The molecule has 6 heteroatoms. The van der Waals surface area contributed by atoms with Gasteiger partial charge in [-0.3, -0.25) is 9.59 Å². The summed E-state index contributed by atoms with van der Waals surface area (Å²) >= 11 is 0. The van der Waals surface area contributed by atoms with Gasteiger partial charge in [-0.2, -0.15) is 0 Å². The number of carbonyl (C=O) groups is 2. The fraction of sp³-hybridized carbons (Fsp3) is 0.550. The number of pyridine rings is 1. The molecule has 3 fully saturated rings. The van der Waals surface area contributed by atoms with Crippen LogP contribution >= 0.6 is 0 Å². The number of fused-ring (bicyclic) bond motifs is 4. The third kappa shape index (κ3) is 3.08. The van der Waals surface area contributed by atoms with Gasteiger partial charge in [0, 0.05) is 44.8 Å². The molecule has 3 aliphatic rings. The molecule has 0 saturated carbocycles. The van der Waals surface area contributed by atoms with E-state index in [2.05, 4.69) is 26.7 Å². The van der Waals surface area contributed by atoms with Crippen molar-refractivity contribution in [2.75, 3.05) is 31.1 Å². The number of hydrogen-bond donors (Lipinski definition) is 1. The van der Waals surface area contributed by atoms with E-state index in [-0.39, 0.29) is 5.91 Å². The second-order valence-electron chi connectivity index (χ2n) is 7.65. The first-order valence-corrected chi connectivity index (χ1v) is 9.56. The highest BCUT2D eigenvalue weighted by Gasteiger charge is 2.44. The number of carbonyl (C=O) groups excluding carboxylic acids is 2. The molecule has 6 nitrogen and oxygen atoms in total. The zero-order valence-corrected chi connectivity index (χ0v) is 15.1. The number of amides is 2. The number of rotatable bonds is 4. The monoisotopic (exact) mass is 354 g/mol. The van der Waals surface area contributed by atoms with Crippen LogP contribution in [0, 0.1) is 11.8 Å². The van der Waals surface area contributed by atoms with Crippen molar-refractivity contribution in [2.45, 2.75) is 31.7 Å². The normalized spacial score (nSPS) is 27.7. The minimum atomic E-state index is -0.113. The predicted molar refractivity (Wildman–Crippen MR) is 99.9 cm³/mol. The van der Waals surface area contributed by atoms with Gasteiger partial charge in [0.15, 0.2) is 0 Å². The van der Waals surface area contributed by atoms with Gasteiger partial charge in [0.1, 0.15) is 5.82 Å². The van der Waals surface area contributed by atoms with Crippen molar-refractivity contribution < 1.29 is 9.59 Å². The van der Waals surface area contributed by atoms with E-state index in [1.54, 1.807) is 18.3 Å². The van der Waals surface area contributed by atoms with E-state index < -0.39 is 0 Å². The van der Waals surface area contributed by atoms with Crippen LogP contribution in [0.5, 0.6) is 0 Å². The minimum Gasteiger partial charge on any atom is -0.355 e. The molecule has 0 radical (unpaired) electrons. The Hall–Kier alpha value is -2.37. The van der Waals surface area contributed by atoms with Gasteiger partial charge in [-0.25, -0.2) is 4.98 Å². The number of piperidine rings is 3. The fourth-order valence-corrected chi connectivity index (χ4v) is 4.87. The zero-order valence-electron chi connectivity index (χ0n) is 15.1. The molecule has 3 atom stereocenters. The second kappa shape index (κ2) is 7.09. The maximum atomic E-state index is 12.5. The van der Waals surface area contributed by atoms with Crippen molar-refractivity contribution in [3.05, 3.63) is 36.5 Å². The van der Waals surface area contributed by atoms with Crippen molar-refractivity contribution in [3.63, 3.8) is 0 Å². The Bertz CT molecular complexity index is 720. The van der Waals surface area contributed by atoms with E-state index in [1.165, 1.54) is 6.42 Å². The lowest BCUT2D eigenvalue weighted by Gasteiger charge is -2.52. The lowest BCUT2D eigenvalue weighted by Crippen LogP contribution is -2.60. The number of nitrogens with one attached hydrogen (secondary N) is 1. The van der Waals surface area contributed by atoms with Gasteiger partial charge in [-0.15, -0.1) is 6.58 Å². The first kappa shape index (κ1) is 17.1. The minimum absolute atomic E-state index is 0.113. The van der Waals surface area contributed by atoms with Crippen molar-refractivity contribution in [1.29, 1.82) is 0 Å². The summed E-state index contributed by atoms with van der Waals surface area (Å²) in [5.41, 5.74) is 0.617. The maximum Gasteiger partial charge on any atom is 0.255 e. The number of aromatic nitrogens is 1. The fourth-order valence-electron chi connectivity index (χ4n) is 4.87. The summed E-state index contributed by atoms with van der Waals surface area (Å²) < 4.78 is 0. The van der Waals surface area contributed by atoms with Crippen molar-refractivity contribution in [1.82, 2.24) is 15.2 Å². The van der Waals surface area contributed by atoms with Gasteiger partial charge in [-0.05, 0) is 43.2 Å². The highest BCUT2D eigenvalue weighted by Crippen LogP contribution is 2.39. The van der Waals surface area contributed by atoms with Crippen LogP contribution < -0.4 is 10.2 Å². The van der Waals surface area contributed by atoms with Gasteiger partial charge in [0.05, 0.1) is 5.56 Å². The standard InChI is InChI=1S/C20H26N4O2/c1-2-8-22-20(26)16-5-4-9-21-19(16)23-11-14-10-15(13-23)17-6-3-7-18(25)24(17)12-14/h2,4-5,9,14-15,17H,1,3,6-8,10-13H2,(H,22,26)/t14-,15-,17-/m1/s1. The van der Waals surface area contributed by atoms with Crippen LogP contribution in [-0.4, -0.2) is 53.9 Å². The summed E-state index contributed by atoms with van der Waals surface area (Å²) in [5, 5.41) is 2.85. The number of hydrogen-bond acceptors (Lipinski definition) is 4. The molecule has 0 unspecified atom stereocenters. The third-order valence-electron chi connectivity index (χ3n) is 5.92. The van der Waals surface area contributed by atoms with Crippen LogP contribution in [0.3, 0.4) is 0 Å². The van der Waals surface area contributed by atoms with Crippen LogP contribution in [0.1, 0.15) is 36.0 Å². The maximum absolute atomic E-state index is 12.5. The van der Waals surface area contributed by atoms with E-state index in [0.29, 0.717) is 42.3 Å². The highest BCUT2D eigenvalue weighted by molar-refractivity contribution is 5.99. The van der Waals surface area contributed by atoms with Gasteiger partial charge < -0.3 is 15.1 Å². The number of nitrogens with zero attached hydrogens (tertiary/aromatic N) is 3. The SMILES string of the molecule is C=CCNC(=O)c1cccnc1N1C[C@H]2C[C@H](C1)[C@H]1CCCC(=O)N1C2. The first-order valence-electron chi connectivity index (χ1n) is 9.56. The van der Waals surface area contributed by atoms with E-state index in [9.17, 15) is 9.59 Å². The number of anilines is 1.